The van der Waals surface area contributed by atoms with Gasteiger partial charge in [-0.3, -0.25) is 19.1 Å². The van der Waals surface area contributed by atoms with Crippen molar-refractivity contribution in [2.75, 3.05) is 20.3 Å². The molecule has 4 aromatic rings. The van der Waals surface area contributed by atoms with Gasteiger partial charge in [-0.25, -0.2) is 4.39 Å². The van der Waals surface area contributed by atoms with Gasteiger partial charge < -0.3 is 20.3 Å². The molecule has 0 aliphatic carbocycles. The number of ether oxygens (including phenoxy) is 1. The van der Waals surface area contributed by atoms with E-state index in [0.717, 1.165) is 11.1 Å². The van der Waals surface area contributed by atoms with Gasteiger partial charge in [-0.15, -0.1) is 0 Å². The summed E-state index contributed by atoms with van der Waals surface area (Å²) in [6.45, 7) is -0.403. The number of fused-ring (bicyclic) bond motifs is 1. The molecule has 0 fully saturated rings. The van der Waals surface area contributed by atoms with E-state index in [1.807, 2.05) is 0 Å². The van der Waals surface area contributed by atoms with Crippen molar-refractivity contribution >= 4 is 16.9 Å². The Morgan fingerprint density at radius 2 is 1.82 bits per heavy atom. The molecule has 0 saturated heterocycles. The highest BCUT2D eigenvalue weighted by molar-refractivity contribution is 6.01. The van der Waals surface area contributed by atoms with Gasteiger partial charge in [0.15, 0.2) is 5.75 Å². The molecule has 2 aromatic heterocycles. The van der Waals surface area contributed by atoms with Crippen LogP contribution in [0.4, 0.5) is 4.39 Å². The van der Waals surface area contributed by atoms with Crippen molar-refractivity contribution in [1.29, 1.82) is 0 Å². The zero-order valence-corrected chi connectivity index (χ0v) is 18.3. The van der Waals surface area contributed by atoms with Crippen LogP contribution < -0.4 is 15.6 Å². The Morgan fingerprint density at radius 1 is 1.12 bits per heavy atom. The molecule has 1 amide bonds. The van der Waals surface area contributed by atoms with Crippen LogP contribution in [0.1, 0.15) is 21.5 Å². The first-order chi connectivity index (χ1) is 16.4. The summed E-state index contributed by atoms with van der Waals surface area (Å²) in [5, 5.41) is 22.2. The number of aliphatic hydroxyl groups is 1. The number of methoxy groups -OCH3 is 1. The fourth-order valence-corrected chi connectivity index (χ4v) is 3.67. The molecule has 0 saturated carbocycles. The molecule has 2 aromatic carbocycles. The number of pyridine rings is 2. The van der Waals surface area contributed by atoms with Crippen LogP contribution in [0.3, 0.4) is 0 Å². The van der Waals surface area contributed by atoms with Crippen molar-refractivity contribution < 1.29 is 24.1 Å². The fourth-order valence-electron chi connectivity index (χ4n) is 3.67. The van der Waals surface area contributed by atoms with E-state index in [2.05, 4.69) is 10.3 Å². The minimum atomic E-state index is -0.821. The number of carbonyl (C=O) groups excluding carboxylic acids is 1. The molecule has 34 heavy (non-hydrogen) atoms. The number of amides is 1. The summed E-state index contributed by atoms with van der Waals surface area (Å²) >= 11 is 0. The Balaban J connectivity index is 1.92. The third kappa shape index (κ3) is 4.46. The number of aromatic hydroxyl groups is 1. The number of nitrogens with zero attached hydrogens (tertiary/aromatic N) is 2. The monoisotopic (exact) mass is 463 g/mol. The highest BCUT2D eigenvalue weighted by Gasteiger charge is 2.24. The van der Waals surface area contributed by atoms with E-state index in [-0.39, 0.29) is 24.5 Å². The maximum atomic E-state index is 13.4. The van der Waals surface area contributed by atoms with Crippen molar-refractivity contribution in [1.82, 2.24) is 14.9 Å². The highest BCUT2D eigenvalue weighted by atomic mass is 19.1. The second-order valence-electron chi connectivity index (χ2n) is 7.56. The Bertz CT molecular complexity index is 1400. The molecule has 174 valence electrons. The smallest absolute Gasteiger partial charge is 0.272 e. The van der Waals surface area contributed by atoms with Crippen LogP contribution in [-0.2, 0) is 6.42 Å². The number of aromatic nitrogens is 2. The molecule has 0 radical (unpaired) electrons. The number of hydrogen-bond donors (Lipinski definition) is 3. The zero-order chi connectivity index (χ0) is 24.2. The molecule has 2 heterocycles. The van der Waals surface area contributed by atoms with Crippen LogP contribution in [0.5, 0.6) is 11.5 Å². The predicted molar refractivity (Wildman–Crippen MR) is 124 cm³/mol. The first kappa shape index (κ1) is 22.9. The second kappa shape index (κ2) is 9.72. The summed E-state index contributed by atoms with van der Waals surface area (Å²) in [4.78, 5) is 30.4. The van der Waals surface area contributed by atoms with Crippen molar-refractivity contribution in [2.45, 2.75) is 6.42 Å². The lowest BCUT2D eigenvalue weighted by atomic mass is 10.0. The Kier molecular flexibility index (Phi) is 6.55. The van der Waals surface area contributed by atoms with Crippen LogP contribution in [0.25, 0.3) is 16.7 Å². The molecule has 0 aliphatic rings. The average molecular weight is 463 g/mol. The predicted octanol–water partition coefficient (Wildman–Crippen LogP) is 2.55. The average Bonchev–Trinajstić information content (AvgIpc) is 2.84. The molecule has 0 unspecified atom stereocenters. The minimum absolute atomic E-state index is 0.0624. The van der Waals surface area contributed by atoms with Gasteiger partial charge in [0.1, 0.15) is 22.6 Å². The molecule has 3 N–H and O–H groups in total. The Hall–Kier alpha value is -4.24. The summed E-state index contributed by atoms with van der Waals surface area (Å²) in [6, 6.07) is 14.4. The van der Waals surface area contributed by atoms with E-state index in [1.165, 1.54) is 30.0 Å². The summed E-state index contributed by atoms with van der Waals surface area (Å²) in [7, 11) is 1.52. The van der Waals surface area contributed by atoms with Crippen molar-refractivity contribution in [3.8, 4) is 17.2 Å². The molecule has 0 aliphatic heterocycles. The summed E-state index contributed by atoms with van der Waals surface area (Å²) in [6.07, 6.45) is 1.95. The van der Waals surface area contributed by atoms with Gasteiger partial charge in [-0.05, 0) is 60.0 Å². The number of benzene rings is 2. The lowest BCUT2D eigenvalue weighted by Gasteiger charge is -2.16. The first-order valence-electron chi connectivity index (χ1n) is 10.5. The first-order valence-corrected chi connectivity index (χ1v) is 10.5. The molecule has 9 heteroatoms. The topological polar surface area (TPSA) is 114 Å². The third-order valence-electron chi connectivity index (χ3n) is 5.32. The van der Waals surface area contributed by atoms with Crippen LogP contribution in [0, 0.1) is 5.82 Å². The molecule has 0 spiro atoms. The number of carbonyl (C=O) groups is 1. The van der Waals surface area contributed by atoms with Crippen molar-refractivity contribution in [3.63, 3.8) is 0 Å². The SMILES string of the molecule is COc1ccc(-n2c(=O)c(C(=O)NCCO)c(O)c3ncc(Cc4ccc(F)cc4)cc32)cc1. The van der Waals surface area contributed by atoms with Crippen LogP contribution in [0.2, 0.25) is 0 Å². The Labute approximate surface area is 193 Å². The van der Waals surface area contributed by atoms with E-state index in [1.54, 1.807) is 42.5 Å². The standard InChI is InChI=1S/C25H22FN3O5/c1-34-19-8-6-18(7-9-19)29-20-13-16(12-15-2-4-17(26)5-3-15)14-28-22(20)23(31)21(25(29)33)24(32)27-10-11-30/h2-9,13-14,30-31H,10-12H2,1H3,(H,27,32). The number of nitrogens with one attached hydrogen (secondary N) is 1. The number of hydrogen-bond acceptors (Lipinski definition) is 6. The molecular weight excluding hydrogens is 441 g/mol. The number of aliphatic hydroxyl groups excluding tert-OH is 1. The van der Waals surface area contributed by atoms with Crippen LogP contribution in [-0.4, -0.2) is 45.9 Å². The van der Waals surface area contributed by atoms with E-state index >= 15 is 0 Å². The molecular formula is C25H22FN3O5. The fraction of sp³-hybridized carbons (Fsp3) is 0.160. The van der Waals surface area contributed by atoms with Gasteiger partial charge in [-0.2, -0.15) is 0 Å². The minimum Gasteiger partial charge on any atom is -0.505 e. The summed E-state index contributed by atoms with van der Waals surface area (Å²) < 4.78 is 19.7. The lowest BCUT2D eigenvalue weighted by molar-refractivity contribution is 0.0940. The molecule has 0 bridgehead atoms. The Morgan fingerprint density at radius 3 is 2.47 bits per heavy atom. The molecule has 0 atom stereocenters. The van der Waals surface area contributed by atoms with Gasteiger partial charge >= 0.3 is 0 Å². The van der Waals surface area contributed by atoms with E-state index < -0.39 is 22.8 Å². The highest BCUT2D eigenvalue weighted by Crippen LogP contribution is 2.28. The lowest BCUT2D eigenvalue weighted by Crippen LogP contribution is -2.34. The number of rotatable bonds is 7. The molecule has 8 nitrogen and oxygen atoms in total. The van der Waals surface area contributed by atoms with Gasteiger partial charge in [0.05, 0.1) is 19.2 Å². The van der Waals surface area contributed by atoms with Crippen molar-refractivity contribution in [2.24, 2.45) is 0 Å². The largest absolute Gasteiger partial charge is 0.505 e. The number of halogens is 1. The van der Waals surface area contributed by atoms with E-state index in [9.17, 15) is 19.1 Å². The zero-order valence-electron chi connectivity index (χ0n) is 18.3. The van der Waals surface area contributed by atoms with Crippen molar-refractivity contribution in [3.05, 3.63) is 93.7 Å². The third-order valence-corrected chi connectivity index (χ3v) is 5.32. The summed E-state index contributed by atoms with van der Waals surface area (Å²) in [5.41, 5.74) is 1.14. The van der Waals surface area contributed by atoms with Crippen LogP contribution in [0.15, 0.2) is 65.6 Å². The van der Waals surface area contributed by atoms with Crippen LogP contribution >= 0.6 is 0 Å². The maximum absolute atomic E-state index is 13.4. The van der Waals surface area contributed by atoms with Gasteiger partial charge in [0.25, 0.3) is 11.5 Å². The van der Waals surface area contributed by atoms with E-state index in [0.29, 0.717) is 23.4 Å². The second-order valence-corrected chi connectivity index (χ2v) is 7.56. The summed E-state index contributed by atoms with van der Waals surface area (Å²) in [5.74, 6) is -1.13. The van der Waals surface area contributed by atoms with E-state index in [4.69, 9.17) is 9.84 Å². The van der Waals surface area contributed by atoms with Gasteiger partial charge in [0, 0.05) is 18.4 Å². The van der Waals surface area contributed by atoms with Gasteiger partial charge in [-0.1, -0.05) is 12.1 Å². The van der Waals surface area contributed by atoms with Gasteiger partial charge in [0.2, 0.25) is 0 Å². The maximum Gasteiger partial charge on any atom is 0.272 e. The quantitative estimate of drug-likeness (QED) is 0.388. The normalized spacial score (nSPS) is 10.9. The molecule has 4 rings (SSSR count).